The fourth-order valence-electron chi connectivity index (χ4n) is 2.89. The summed E-state index contributed by atoms with van der Waals surface area (Å²) in [7, 11) is 0. The molecular formula is C26H39ClO. The van der Waals surface area contributed by atoms with E-state index in [9.17, 15) is 4.79 Å². The van der Waals surface area contributed by atoms with Crippen molar-refractivity contribution in [3.8, 4) is 0 Å². The van der Waals surface area contributed by atoms with E-state index < -0.39 is 0 Å². The standard InChI is InChI=1S/C13H17Cl.C7H8.C4H8O.C2H6/c1-3-12(10-4-5-10)11-6-7-13(14)9(2)8-11;1-7-5-3-2-4-6-7;1-2-3-4-5;1-2/h6-8,10,12H,3-5H2,1-2H3;2-6H,1H3;4H,2-3H2,1H3;1-2H3. The van der Waals surface area contributed by atoms with Crippen molar-refractivity contribution in [3.63, 3.8) is 0 Å². The lowest BCUT2D eigenvalue weighted by molar-refractivity contribution is -0.107. The zero-order valence-electron chi connectivity index (χ0n) is 18.7. The van der Waals surface area contributed by atoms with Crippen molar-refractivity contribution in [1.29, 1.82) is 0 Å². The Morgan fingerprint density at radius 3 is 1.96 bits per heavy atom. The summed E-state index contributed by atoms with van der Waals surface area (Å²) in [5, 5.41) is 0.888. The second kappa shape index (κ2) is 16.4. The summed E-state index contributed by atoms with van der Waals surface area (Å²) in [6, 6.07) is 16.8. The average molecular weight is 403 g/mol. The van der Waals surface area contributed by atoms with Crippen LogP contribution in [0.2, 0.25) is 5.02 Å². The smallest absolute Gasteiger partial charge is 0.119 e. The summed E-state index contributed by atoms with van der Waals surface area (Å²) in [5.74, 6) is 1.71. The molecule has 2 aromatic carbocycles. The molecule has 1 aliphatic carbocycles. The van der Waals surface area contributed by atoms with Crippen LogP contribution in [0.1, 0.15) is 82.4 Å². The van der Waals surface area contributed by atoms with E-state index in [-0.39, 0.29) is 0 Å². The van der Waals surface area contributed by atoms with E-state index in [2.05, 4.69) is 45.0 Å². The number of rotatable bonds is 5. The Bertz CT molecular complexity index is 632. The fourth-order valence-corrected chi connectivity index (χ4v) is 3.01. The highest BCUT2D eigenvalue weighted by atomic mass is 35.5. The first-order valence-corrected chi connectivity index (χ1v) is 11.1. The number of unbranched alkanes of at least 4 members (excludes halogenated alkanes) is 1. The molecule has 0 spiro atoms. The van der Waals surface area contributed by atoms with E-state index in [0.29, 0.717) is 6.42 Å². The third kappa shape index (κ3) is 11.3. The average Bonchev–Trinajstić information content (AvgIpc) is 3.54. The van der Waals surface area contributed by atoms with Gasteiger partial charge in [-0.1, -0.05) is 87.3 Å². The van der Waals surface area contributed by atoms with Crippen molar-refractivity contribution in [1.82, 2.24) is 0 Å². The van der Waals surface area contributed by atoms with E-state index in [1.165, 1.54) is 36.0 Å². The lowest BCUT2D eigenvalue weighted by Gasteiger charge is -2.15. The predicted octanol–water partition coefficient (Wildman–Crippen LogP) is 8.56. The summed E-state index contributed by atoms with van der Waals surface area (Å²) in [4.78, 5) is 9.40. The quantitative estimate of drug-likeness (QED) is 0.457. The number of carbonyl (C=O) groups excluding carboxylic acids is 1. The maximum Gasteiger partial charge on any atom is 0.119 e. The molecule has 0 saturated heterocycles. The number of halogens is 1. The summed E-state index contributed by atoms with van der Waals surface area (Å²) < 4.78 is 0. The Kier molecular flexibility index (Phi) is 15.4. The Labute approximate surface area is 178 Å². The van der Waals surface area contributed by atoms with Crippen molar-refractivity contribution in [2.75, 3.05) is 0 Å². The predicted molar refractivity (Wildman–Crippen MR) is 125 cm³/mol. The molecule has 28 heavy (non-hydrogen) atoms. The lowest BCUT2D eigenvalue weighted by atomic mass is 9.91. The Hall–Kier alpha value is -1.60. The van der Waals surface area contributed by atoms with Gasteiger partial charge in [0.2, 0.25) is 0 Å². The second-order valence-electron chi connectivity index (χ2n) is 6.97. The molecule has 3 rings (SSSR count). The first-order chi connectivity index (χ1) is 13.5. The molecule has 0 aromatic heterocycles. The van der Waals surface area contributed by atoms with E-state index >= 15 is 0 Å². The number of aryl methyl sites for hydroxylation is 2. The van der Waals surface area contributed by atoms with Crippen LogP contribution in [-0.2, 0) is 4.79 Å². The third-order valence-corrected chi connectivity index (χ3v) is 5.01. The monoisotopic (exact) mass is 402 g/mol. The Morgan fingerprint density at radius 1 is 1.04 bits per heavy atom. The number of hydrogen-bond donors (Lipinski definition) is 0. The maximum absolute atomic E-state index is 9.40. The number of aldehydes is 1. The second-order valence-corrected chi connectivity index (χ2v) is 7.38. The van der Waals surface area contributed by atoms with E-state index in [1.807, 2.05) is 45.0 Å². The number of hydrogen-bond acceptors (Lipinski definition) is 1. The van der Waals surface area contributed by atoms with E-state index in [1.54, 1.807) is 0 Å². The van der Waals surface area contributed by atoms with Gasteiger partial charge in [-0.05, 0) is 68.6 Å². The van der Waals surface area contributed by atoms with Gasteiger partial charge in [0.05, 0.1) is 0 Å². The Balaban J connectivity index is 0.000000437. The molecule has 0 amide bonds. The summed E-state index contributed by atoms with van der Waals surface area (Å²) in [5.41, 5.74) is 4.02. The van der Waals surface area contributed by atoms with Crippen LogP contribution in [-0.4, -0.2) is 6.29 Å². The molecule has 1 nitrogen and oxygen atoms in total. The zero-order valence-corrected chi connectivity index (χ0v) is 19.4. The fraction of sp³-hybridized carbons (Fsp3) is 0.500. The normalized spacial score (nSPS) is 12.8. The van der Waals surface area contributed by atoms with Crippen LogP contribution >= 0.6 is 11.6 Å². The topological polar surface area (TPSA) is 17.1 Å². The highest BCUT2D eigenvalue weighted by Gasteiger charge is 2.30. The van der Waals surface area contributed by atoms with Gasteiger partial charge in [0.15, 0.2) is 0 Å². The van der Waals surface area contributed by atoms with Crippen LogP contribution in [0.3, 0.4) is 0 Å². The maximum atomic E-state index is 9.40. The summed E-state index contributed by atoms with van der Waals surface area (Å²) in [6.45, 7) is 12.4. The Morgan fingerprint density at radius 2 is 1.64 bits per heavy atom. The molecule has 0 radical (unpaired) electrons. The van der Waals surface area contributed by atoms with Gasteiger partial charge in [0, 0.05) is 11.4 Å². The van der Waals surface area contributed by atoms with Gasteiger partial charge in [-0.3, -0.25) is 0 Å². The van der Waals surface area contributed by atoms with Gasteiger partial charge in [-0.25, -0.2) is 0 Å². The largest absolute Gasteiger partial charge is 0.303 e. The van der Waals surface area contributed by atoms with Gasteiger partial charge < -0.3 is 4.79 Å². The minimum Gasteiger partial charge on any atom is -0.303 e. The third-order valence-electron chi connectivity index (χ3n) is 4.59. The van der Waals surface area contributed by atoms with Crippen molar-refractivity contribution < 1.29 is 4.79 Å². The van der Waals surface area contributed by atoms with Crippen molar-refractivity contribution in [2.45, 2.75) is 79.6 Å². The van der Waals surface area contributed by atoms with Crippen LogP contribution in [0.4, 0.5) is 0 Å². The molecule has 1 atom stereocenters. The van der Waals surface area contributed by atoms with Gasteiger partial charge in [0.1, 0.15) is 6.29 Å². The molecule has 1 aliphatic rings. The number of benzene rings is 2. The molecular weight excluding hydrogens is 364 g/mol. The van der Waals surface area contributed by atoms with Gasteiger partial charge in [0.25, 0.3) is 0 Å². The summed E-state index contributed by atoms with van der Waals surface area (Å²) in [6.07, 6.45) is 6.70. The minimum absolute atomic E-state index is 0.708. The van der Waals surface area contributed by atoms with Crippen LogP contribution in [0.25, 0.3) is 0 Å². The highest BCUT2D eigenvalue weighted by Crippen LogP contribution is 2.44. The zero-order chi connectivity index (χ0) is 21.4. The van der Waals surface area contributed by atoms with Crippen LogP contribution in [0, 0.1) is 19.8 Å². The van der Waals surface area contributed by atoms with Crippen molar-refractivity contribution in [2.24, 2.45) is 5.92 Å². The first kappa shape index (κ1) is 26.4. The molecule has 1 fully saturated rings. The van der Waals surface area contributed by atoms with Crippen LogP contribution in [0.5, 0.6) is 0 Å². The van der Waals surface area contributed by atoms with Gasteiger partial charge >= 0.3 is 0 Å². The molecule has 2 aromatic rings. The SMILES string of the molecule is CC.CCC(c1ccc(Cl)c(C)c1)C1CC1.CCCC=O.Cc1ccccc1. The van der Waals surface area contributed by atoms with Gasteiger partial charge in [-0.15, -0.1) is 0 Å². The van der Waals surface area contributed by atoms with E-state index in [4.69, 9.17) is 11.6 Å². The van der Waals surface area contributed by atoms with E-state index in [0.717, 1.165) is 29.6 Å². The molecule has 1 unspecified atom stereocenters. The molecule has 0 N–H and O–H groups in total. The minimum atomic E-state index is 0.708. The van der Waals surface area contributed by atoms with Crippen LogP contribution in [0.15, 0.2) is 48.5 Å². The first-order valence-electron chi connectivity index (χ1n) is 10.7. The van der Waals surface area contributed by atoms with Crippen LogP contribution < -0.4 is 0 Å². The number of carbonyl (C=O) groups is 1. The van der Waals surface area contributed by atoms with Gasteiger partial charge in [-0.2, -0.15) is 0 Å². The molecule has 2 heteroatoms. The highest BCUT2D eigenvalue weighted by molar-refractivity contribution is 6.31. The molecule has 0 bridgehead atoms. The van der Waals surface area contributed by atoms with Crippen molar-refractivity contribution in [3.05, 3.63) is 70.2 Å². The molecule has 1 saturated carbocycles. The van der Waals surface area contributed by atoms with Crippen molar-refractivity contribution >= 4 is 17.9 Å². The lowest BCUT2D eigenvalue weighted by Crippen LogP contribution is -1.99. The molecule has 0 heterocycles. The molecule has 156 valence electrons. The summed E-state index contributed by atoms with van der Waals surface area (Å²) >= 11 is 6.02. The molecule has 0 aliphatic heterocycles.